The van der Waals surface area contributed by atoms with Crippen LogP contribution in [0.4, 0.5) is 0 Å². The lowest BCUT2D eigenvalue weighted by Gasteiger charge is -2.21. The highest BCUT2D eigenvalue weighted by atomic mass is 31.2. The number of rotatable bonds is 71. The van der Waals surface area contributed by atoms with Gasteiger partial charge >= 0.3 is 33.6 Å². The van der Waals surface area contributed by atoms with Gasteiger partial charge in [-0.05, 0) is 135 Å². The largest absolute Gasteiger partial charge is 0.472 e. The highest BCUT2D eigenvalue weighted by Crippen LogP contribution is 2.45. The first-order valence-corrected chi connectivity index (χ1v) is 41.1. The molecule has 0 aliphatic rings. The summed E-state index contributed by atoms with van der Waals surface area (Å²) in [7, 11) is -9.79. The fraction of sp³-hybridized carbons (Fsp3) is 0.667. The Morgan fingerprint density at radius 3 is 0.859 bits per heavy atom. The topological polar surface area (TPSA) is 231 Å². The molecule has 0 fully saturated rings. The Bertz CT molecular complexity index is 2380. The Morgan fingerprint density at radius 2 is 0.535 bits per heavy atom. The van der Waals surface area contributed by atoms with E-state index in [-0.39, 0.29) is 19.3 Å². The van der Waals surface area contributed by atoms with Gasteiger partial charge < -0.3 is 34.2 Å². The number of phosphoric ester groups is 2. The van der Waals surface area contributed by atoms with Crippen LogP contribution in [-0.4, -0.2) is 95.9 Å². The monoisotopic (exact) mass is 1430 g/mol. The molecule has 0 bridgehead atoms. The van der Waals surface area contributed by atoms with Crippen molar-refractivity contribution in [3.63, 3.8) is 0 Å². The van der Waals surface area contributed by atoms with E-state index in [1.807, 2.05) is 0 Å². The zero-order valence-electron chi connectivity index (χ0n) is 61.6. The summed E-state index contributed by atoms with van der Waals surface area (Å²) in [5.41, 5.74) is 0. The number of hydrogen-bond donors (Lipinski definition) is 4. The molecule has 0 aliphatic heterocycles. The van der Waals surface area contributed by atoms with Gasteiger partial charge in [0.15, 0.2) is 6.10 Å². The van der Waals surface area contributed by atoms with Crippen LogP contribution in [0.2, 0.25) is 0 Å². The second kappa shape index (κ2) is 73.2. The number of allylic oxidation sites excluding steroid dienone is 24. The fourth-order valence-corrected chi connectivity index (χ4v) is 11.3. The van der Waals surface area contributed by atoms with E-state index in [1.54, 1.807) is 0 Å². The first-order valence-electron chi connectivity index (χ1n) is 38.1. The maximum absolute atomic E-state index is 12.9. The van der Waals surface area contributed by atoms with Crippen LogP contribution in [0.15, 0.2) is 146 Å². The molecule has 0 spiro atoms. The van der Waals surface area contributed by atoms with Gasteiger partial charge in [0.2, 0.25) is 0 Å². The molecule has 0 saturated carbocycles. The van der Waals surface area contributed by atoms with Gasteiger partial charge in [0.25, 0.3) is 0 Å². The predicted octanol–water partition coefficient (Wildman–Crippen LogP) is 22.1. The van der Waals surface area contributed by atoms with Gasteiger partial charge in [0, 0.05) is 19.3 Å². The van der Waals surface area contributed by atoms with Crippen LogP contribution in [0.5, 0.6) is 0 Å². The second-order valence-corrected chi connectivity index (χ2v) is 27.9. The number of aliphatic hydroxyl groups excluding tert-OH is 2. The van der Waals surface area contributed by atoms with Gasteiger partial charge in [0.1, 0.15) is 25.4 Å². The molecule has 0 heterocycles. The molecule has 5 unspecified atom stereocenters. The van der Waals surface area contributed by atoms with E-state index in [4.69, 9.17) is 32.3 Å². The molecule has 16 nitrogen and oxygen atoms in total. The zero-order valence-corrected chi connectivity index (χ0v) is 63.4. The summed E-state index contributed by atoms with van der Waals surface area (Å²) in [5.74, 6) is -1.61. The summed E-state index contributed by atoms with van der Waals surface area (Å²) in [6, 6.07) is 0. The molecule has 18 heteroatoms. The van der Waals surface area contributed by atoms with Crippen LogP contribution in [0, 0.1) is 0 Å². The summed E-state index contributed by atoms with van der Waals surface area (Å²) in [4.78, 5) is 58.5. The number of carbonyl (C=O) groups is 3. The van der Waals surface area contributed by atoms with Crippen molar-refractivity contribution >= 4 is 33.6 Å². The van der Waals surface area contributed by atoms with Crippen molar-refractivity contribution in [1.82, 2.24) is 0 Å². The molecular formula is C81H136O16P2. The number of hydrogen-bond acceptors (Lipinski definition) is 14. The number of carbonyl (C=O) groups excluding carboxylic acids is 3. The van der Waals surface area contributed by atoms with E-state index < -0.39 is 91.5 Å². The third-order valence-corrected chi connectivity index (χ3v) is 17.4. The van der Waals surface area contributed by atoms with Gasteiger partial charge in [-0.3, -0.25) is 32.5 Å². The molecule has 0 aromatic rings. The maximum atomic E-state index is 12.9. The van der Waals surface area contributed by atoms with Crippen molar-refractivity contribution in [3.8, 4) is 0 Å². The summed E-state index contributed by atoms with van der Waals surface area (Å²) < 4.78 is 61.0. The molecule has 5 atom stereocenters. The van der Waals surface area contributed by atoms with E-state index in [9.17, 15) is 43.5 Å². The molecule has 0 radical (unpaired) electrons. The lowest BCUT2D eigenvalue weighted by atomic mass is 10.1. The first kappa shape index (κ1) is 94.4. The first-order chi connectivity index (χ1) is 48.2. The number of unbranched alkanes of at least 4 members (excludes halogenated alkanes) is 24. The Labute approximate surface area is 600 Å². The number of esters is 3. The minimum absolute atomic E-state index is 0.0882. The Kier molecular flexibility index (Phi) is 69.8. The van der Waals surface area contributed by atoms with E-state index in [0.717, 1.165) is 186 Å². The van der Waals surface area contributed by atoms with Crippen LogP contribution in [0.25, 0.3) is 0 Å². The van der Waals surface area contributed by atoms with E-state index in [0.29, 0.717) is 19.3 Å². The smallest absolute Gasteiger partial charge is 0.463 e. The van der Waals surface area contributed by atoms with Crippen LogP contribution in [-0.2, 0) is 55.8 Å². The van der Waals surface area contributed by atoms with E-state index in [2.05, 4.69) is 167 Å². The predicted molar refractivity (Wildman–Crippen MR) is 408 cm³/mol. The van der Waals surface area contributed by atoms with E-state index >= 15 is 0 Å². The molecule has 4 N–H and O–H groups in total. The second-order valence-electron chi connectivity index (χ2n) is 25.0. The lowest BCUT2D eigenvalue weighted by molar-refractivity contribution is -0.161. The summed E-state index contributed by atoms with van der Waals surface area (Å²) in [6.45, 7) is 2.37. The minimum atomic E-state index is -4.93. The molecular weight excluding hydrogens is 1290 g/mol. The highest BCUT2D eigenvalue weighted by molar-refractivity contribution is 7.47. The highest BCUT2D eigenvalue weighted by Gasteiger charge is 2.29. The van der Waals surface area contributed by atoms with E-state index in [1.165, 1.54) is 44.9 Å². The third-order valence-electron chi connectivity index (χ3n) is 15.5. The molecule has 0 aliphatic carbocycles. The SMILES string of the molecule is CC/C=C\C/C=C\C/C=C\C/C=C\C/C=C\C/C=C\CCCCCCCCCCCCC(=O)OCC(O)COP(=O)(O)OCC(O)COP(=O)(O)OCC(COC(=O)CCCCCCCCC/C=C\C/C=C\C/C=C\C/C=C\C/C=C\CC)OC(=O)CCCCCCC/C=C\CCCC. The third kappa shape index (κ3) is 74.4. The average Bonchev–Trinajstić information content (AvgIpc) is 1.26. The Balaban J connectivity index is 4.48. The van der Waals surface area contributed by atoms with Gasteiger partial charge in [-0.25, -0.2) is 9.13 Å². The number of aliphatic hydroxyl groups is 2. The fourth-order valence-electron chi connectivity index (χ4n) is 9.76. The molecule has 99 heavy (non-hydrogen) atoms. The molecule has 0 amide bonds. The van der Waals surface area contributed by atoms with Crippen molar-refractivity contribution in [1.29, 1.82) is 0 Å². The summed E-state index contributed by atoms with van der Waals surface area (Å²) >= 11 is 0. The van der Waals surface area contributed by atoms with Crippen molar-refractivity contribution in [3.05, 3.63) is 146 Å². The van der Waals surface area contributed by atoms with Crippen LogP contribution >= 0.6 is 15.6 Å². The molecule has 0 rings (SSSR count). The molecule has 0 aromatic carbocycles. The number of ether oxygens (including phenoxy) is 3. The Morgan fingerprint density at radius 1 is 0.293 bits per heavy atom. The van der Waals surface area contributed by atoms with Crippen LogP contribution in [0.3, 0.4) is 0 Å². The van der Waals surface area contributed by atoms with Gasteiger partial charge in [-0.1, -0.05) is 282 Å². The molecule has 0 aromatic heterocycles. The summed E-state index contributed by atoms with van der Waals surface area (Å²) in [5, 5.41) is 20.6. The lowest BCUT2D eigenvalue weighted by Crippen LogP contribution is -2.30. The van der Waals surface area contributed by atoms with Crippen LogP contribution in [0.1, 0.15) is 290 Å². The van der Waals surface area contributed by atoms with Crippen LogP contribution < -0.4 is 0 Å². The molecule has 0 saturated heterocycles. The molecule has 566 valence electrons. The summed E-state index contributed by atoms with van der Waals surface area (Å²) in [6.07, 6.45) is 89.1. The van der Waals surface area contributed by atoms with Gasteiger partial charge in [0.05, 0.1) is 26.4 Å². The van der Waals surface area contributed by atoms with Gasteiger partial charge in [-0.15, -0.1) is 0 Å². The van der Waals surface area contributed by atoms with Crippen molar-refractivity contribution in [2.75, 3.05) is 39.6 Å². The quantitative estimate of drug-likeness (QED) is 0.0146. The Hall–Kier alpha value is -4.57. The maximum Gasteiger partial charge on any atom is 0.472 e. The van der Waals surface area contributed by atoms with Gasteiger partial charge in [-0.2, -0.15) is 0 Å². The average molecular weight is 1430 g/mol. The standard InChI is InChI=1S/C81H136O16P2/c1-4-7-10-13-16-19-22-24-26-28-30-32-34-35-36-37-38-39-41-43-44-46-48-50-53-55-58-61-64-67-79(84)91-70-76(82)71-93-98(87,88)94-72-77(83)73-95-99(89,90)96-75-78(97-81(86)69-66-63-60-57-52-21-18-15-12-9-6-3)74-92-80(85)68-65-62-59-56-54-51-49-47-45-42-40-33-31-29-27-25-23-20-17-14-11-8-5-2/h7-8,10-11,15-20,24-27,30-33,35-36,38-39,42,45,76-78,82-83H,4-6,9,12-14,21-23,28-29,34,37,40-41,43-44,46-75H2,1-3H3,(H,87,88)(H,89,90)/b10-7-,11-8-,18-15-,19-16-,20-17-,26-24-,27-25-,32-30-,33-31-,36-35-,39-38-,45-42-. The zero-order chi connectivity index (χ0) is 72.3. The normalized spacial score (nSPS) is 14.9. The van der Waals surface area contributed by atoms with Crippen molar-refractivity contribution in [2.45, 2.75) is 309 Å². The minimum Gasteiger partial charge on any atom is -0.463 e. The van der Waals surface area contributed by atoms with Crippen molar-refractivity contribution < 1.29 is 75.8 Å². The van der Waals surface area contributed by atoms with Crippen molar-refractivity contribution in [2.24, 2.45) is 0 Å². The number of phosphoric acid groups is 2.